The molecule has 2 aliphatic heterocycles. The summed E-state index contributed by atoms with van der Waals surface area (Å²) in [5, 5.41) is 8.84. The molecule has 1 aromatic carbocycles. The van der Waals surface area contributed by atoms with Gasteiger partial charge in [-0.15, -0.1) is 0 Å². The Labute approximate surface area is 160 Å². The predicted molar refractivity (Wildman–Crippen MR) is 101 cm³/mol. The summed E-state index contributed by atoms with van der Waals surface area (Å²) in [5.74, 6) is -0.525. The number of halogens is 1. The quantitative estimate of drug-likeness (QED) is 0.658. The fourth-order valence-corrected chi connectivity index (χ4v) is 4.08. The van der Waals surface area contributed by atoms with Crippen molar-refractivity contribution in [2.45, 2.75) is 57.3 Å². The Morgan fingerprint density at radius 2 is 2.07 bits per heavy atom. The van der Waals surface area contributed by atoms with Crippen LogP contribution in [0, 0.1) is 5.82 Å². The molecule has 27 heavy (non-hydrogen) atoms. The molecule has 0 saturated carbocycles. The van der Waals surface area contributed by atoms with Crippen LogP contribution < -0.4 is 9.47 Å². The van der Waals surface area contributed by atoms with E-state index in [-0.39, 0.29) is 23.4 Å². The van der Waals surface area contributed by atoms with Gasteiger partial charge < -0.3 is 19.5 Å². The number of aliphatic carboxylic acids is 1. The standard InChI is InChI=1S/C21H30FNO4/c1-2-3-4-5-14-26-17-7-6-16-20(19(17)22)27-15-21(16)9-12-23(13-10-21)11-8-18(24)25/h6-7H,2-5,8-15H2,1H3,(H,24,25). The number of benzene rings is 1. The van der Waals surface area contributed by atoms with E-state index in [0.717, 1.165) is 50.8 Å². The zero-order valence-electron chi connectivity index (χ0n) is 16.1. The van der Waals surface area contributed by atoms with Crippen molar-refractivity contribution >= 4 is 5.97 Å². The lowest BCUT2D eigenvalue weighted by molar-refractivity contribution is -0.137. The number of fused-ring (bicyclic) bond motifs is 2. The molecule has 0 amide bonds. The second-order valence-electron chi connectivity index (χ2n) is 7.72. The smallest absolute Gasteiger partial charge is 0.304 e. The van der Waals surface area contributed by atoms with Gasteiger partial charge in [0.15, 0.2) is 11.5 Å². The highest BCUT2D eigenvalue weighted by Crippen LogP contribution is 2.48. The maximum absolute atomic E-state index is 14.8. The summed E-state index contributed by atoms with van der Waals surface area (Å²) in [5.41, 5.74) is 0.784. The van der Waals surface area contributed by atoms with E-state index < -0.39 is 5.97 Å². The van der Waals surface area contributed by atoms with Gasteiger partial charge in [-0.2, -0.15) is 4.39 Å². The number of carbonyl (C=O) groups is 1. The molecule has 0 bridgehead atoms. The van der Waals surface area contributed by atoms with Crippen molar-refractivity contribution in [1.29, 1.82) is 0 Å². The molecular formula is C21H30FNO4. The van der Waals surface area contributed by atoms with Gasteiger partial charge in [0.05, 0.1) is 19.6 Å². The fourth-order valence-electron chi connectivity index (χ4n) is 4.08. The molecule has 5 nitrogen and oxygen atoms in total. The van der Waals surface area contributed by atoms with Gasteiger partial charge in [-0.1, -0.05) is 32.3 Å². The second-order valence-corrected chi connectivity index (χ2v) is 7.72. The maximum atomic E-state index is 14.8. The highest BCUT2D eigenvalue weighted by atomic mass is 19.1. The minimum absolute atomic E-state index is 0.157. The Morgan fingerprint density at radius 3 is 2.78 bits per heavy atom. The number of carboxylic acid groups (broad SMARTS) is 1. The normalized spacial score (nSPS) is 18.3. The van der Waals surface area contributed by atoms with E-state index in [1.807, 2.05) is 6.07 Å². The summed E-state index contributed by atoms with van der Waals surface area (Å²) in [6.07, 6.45) is 6.24. The molecule has 1 spiro atoms. The minimum Gasteiger partial charge on any atom is -0.490 e. The molecule has 2 heterocycles. The van der Waals surface area contributed by atoms with E-state index in [9.17, 15) is 9.18 Å². The van der Waals surface area contributed by atoms with Crippen molar-refractivity contribution in [2.75, 3.05) is 32.8 Å². The topological polar surface area (TPSA) is 59.0 Å². The molecule has 2 aliphatic rings. The van der Waals surface area contributed by atoms with Crippen molar-refractivity contribution in [3.05, 3.63) is 23.5 Å². The van der Waals surface area contributed by atoms with Crippen LogP contribution in [0.3, 0.4) is 0 Å². The van der Waals surface area contributed by atoms with Gasteiger partial charge >= 0.3 is 5.97 Å². The molecule has 1 saturated heterocycles. The number of carboxylic acids is 1. The third kappa shape index (κ3) is 4.54. The van der Waals surface area contributed by atoms with Gasteiger partial charge in [0.2, 0.25) is 5.82 Å². The van der Waals surface area contributed by atoms with E-state index in [0.29, 0.717) is 25.5 Å². The number of unbranched alkanes of at least 4 members (excludes halogenated alkanes) is 3. The Hall–Kier alpha value is -1.82. The highest BCUT2D eigenvalue weighted by molar-refractivity contribution is 5.66. The van der Waals surface area contributed by atoms with Gasteiger partial charge in [0.25, 0.3) is 0 Å². The first-order valence-electron chi connectivity index (χ1n) is 10.1. The maximum Gasteiger partial charge on any atom is 0.304 e. The molecule has 0 atom stereocenters. The first-order chi connectivity index (χ1) is 13.1. The van der Waals surface area contributed by atoms with Crippen molar-refractivity contribution < 1.29 is 23.8 Å². The van der Waals surface area contributed by atoms with E-state index in [1.54, 1.807) is 6.07 Å². The molecule has 0 aliphatic carbocycles. The van der Waals surface area contributed by atoms with E-state index in [4.69, 9.17) is 14.6 Å². The Kier molecular flexibility index (Phi) is 6.58. The third-order valence-corrected chi connectivity index (χ3v) is 5.84. The largest absolute Gasteiger partial charge is 0.490 e. The number of likely N-dealkylation sites (tertiary alicyclic amines) is 1. The molecule has 1 N–H and O–H groups in total. The molecule has 0 radical (unpaired) electrons. The van der Waals surface area contributed by atoms with Gasteiger partial charge in [0, 0.05) is 17.5 Å². The lowest BCUT2D eigenvalue weighted by atomic mass is 9.74. The van der Waals surface area contributed by atoms with Crippen LogP contribution in [0.25, 0.3) is 0 Å². The highest BCUT2D eigenvalue weighted by Gasteiger charge is 2.44. The Bertz CT molecular complexity index is 656. The summed E-state index contributed by atoms with van der Waals surface area (Å²) < 4.78 is 26.3. The first-order valence-corrected chi connectivity index (χ1v) is 10.1. The number of piperidine rings is 1. The average Bonchev–Trinajstić information content (AvgIpc) is 3.02. The summed E-state index contributed by atoms with van der Waals surface area (Å²) in [4.78, 5) is 12.9. The lowest BCUT2D eigenvalue weighted by Crippen LogP contribution is -2.44. The minimum atomic E-state index is -0.769. The number of hydrogen-bond acceptors (Lipinski definition) is 4. The summed E-state index contributed by atoms with van der Waals surface area (Å²) >= 11 is 0. The van der Waals surface area contributed by atoms with Crippen LogP contribution in [0.1, 0.15) is 57.4 Å². The fraction of sp³-hybridized carbons (Fsp3) is 0.667. The van der Waals surface area contributed by atoms with E-state index >= 15 is 0 Å². The van der Waals surface area contributed by atoms with Crippen LogP contribution in [0.15, 0.2) is 12.1 Å². The van der Waals surface area contributed by atoms with Crippen LogP contribution in [-0.2, 0) is 10.2 Å². The SMILES string of the molecule is CCCCCCOc1ccc2c(c1F)OCC21CCN(CCC(=O)O)CC1. The zero-order valence-corrected chi connectivity index (χ0v) is 16.1. The molecular weight excluding hydrogens is 349 g/mol. The number of ether oxygens (including phenoxy) is 2. The number of hydrogen-bond donors (Lipinski definition) is 1. The molecule has 0 aromatic heterocycles. The van der Waals surface area contributed by atoms with Crippen LogP contribution >= 0.6 is 0 Å². The third-order valence-electron chi connectivity index (χ3n) is 5.84. The summed E-state index contributed by atoms with van der Waals surface area (Å²) in [6, 6.07) is 3.70. The van der Waals surface area contributed by atoms with Crippen molar-refractivity contribution in [1.82, 2.24) is 4.90 Å². The number of rotatable bonds is 9. The average molecular weight is 379 g/mol. The van der Waals surface area contributed by atoms with E-state index in [1.165, 1.54) is 6.42 Å². The predicted octanol–water partition coefficient (Wildman–Crippen LogP) is 3.99. The summed E-state index contributed by atoms with van der Waals surface area (Å²) in [7, 11) is 0. The van der Waals surface area contributed by atoms with Gasteiger partial charge in [0.1, 0.15) is 0 Å². The molecule has 0 unspecified atom stereocenters. The summed E-state index contributed by atoms with van der Waals surface area (Å²) in [6.45, 7) is 5.37. The zero-order chi connectivity index (χ0) is 19.3. The second kappa shape index (κ2) is 8.91. The Morgan fingerprint density at radius 1 is 1.30 bits per heavy atom. The molecule has 3 rings (SSSR count). The number of nitrogens with zero attached hydrogens (tertiary/aromatic N) is 1. The molecule has 1 aromatic rings. The molecule has 1 fully saturated rings. The van der Waals surface area contributed by atoms with Gasteiger partial charge in [-0.25, -0.2) is 0 Å². The van der Waals surface area contributed by atoms with Gasteiger partial charge in [-0.05, 0) is 38.4 Å². The Balaban J connectivity index is 1.61. The van der Waals surface area contributed by atoms with Crippen molar-refractivity contribution in [3.8, 4) is 11.5 Å². The van der Waals surface area contributed by atoms with Crippen LogP contribution in [0.5, 0.6) is 11.5 Å². The lowest BCUT2D eigenvalue weighted by Gasteiger charge is -2.38. The first kappa shape index (κ1) is 19.9. The van der Waals surface area contributed by atoms with Crippen molar-refractivity contribution in [3.63, 3.8) is 0 Å². The molecule has 6 heteroatoms. The van der Waals surface area contributed by atoms with Crippen LogP contribution in [-0.4, -0.2) is 48.8 Å². The van der Waals surface area contributed by atoms with Crippen molar-refractivity contribution in [2.24, 2.45) is 0 Å². The van der Waals surface area contributed by atoms with Gasteiger partial charge in [-0.3, -0.25) is 4.79 Å². The monoisotopic (exact) mass is 379 g/mol. The van der Waals surface area contributed by atoms with Crippen LogP contribution in [0.2, 0.25) is 0 Å². The molecule has 150 valence electrons. The van der Waals surface area contributed by atoms with E-state index in [2.05, 4.69) is 11.8 Å². The van der Waals surface area contributed by atoms with Crippen LogP contribution in [0.4, 0.5) is 4.39 Å².